The number of hydrogen-bond donors (Lipinski definition) is 10. The second-order valence-electron chi connectivity index (χ2n) is 9.81. The number of phenolic OH excluding ortho intramolecular Hbond substituents is 4. The Morgan fingerprint density at radius 2 is 1.57 bits per heavy atom. The van der Waals surface area contributed by atoms with E-state index in [1.807, 2.05) is 0 Å². The van der Waals surface area contributed by atoms with Crippen LogP contribution in [0.2, 0.25) is 0 Å². The molecule has 2 aliphatic heterocycles. The standard InChI is InChI=1S/C26H28O16/c27-6-15-18(34)20(36)24(42-25-21(37)17(33)13(32)7-38-25)26(40-15)41-23-19(35)16-12(31)4-9(28)5-14(16)39-22(23)8-1-2-10(29)11(30)3-8/h1-5,13,15,17-18,20-21,24-34,36-37H,6-7H2/t13-,15-,17+,18-,20+,21-,24-,25?,26+/m1/s1. The zero-order valence-corrected chi connectivity index (χ0v) is 21.4. The average molecular weight is 596 g/mol. The molecule has 9 atom stereocenters. The number of rotatable bonds is 6. The van der Waals surface area contributed by atoms with E-state index in [1.54, 1.807) is 0 Å². The quantitative estimate of drug-likeness (QED) is 0.137. The molecule has 16 nitrogen and oxygen atoms in total. The number of phenols is 4. The largest absolute Gasteiger partial charge is 0.508 e. The van der Waals surface area contributed by atoms with E-state index < -0.39 is 114 Å². The summed E-state index contributed by atoms with van der Waals surface area (Å²) >= 11 is 0. The van der Waals surface area contributed by atoms with Gasteiger partial charge in [0.25, 0.3) is 0 Å². The molecule has 0 bridgehead atoms. The van der Waals surface area contributed by atoms with Gasteiger partial charge in [0, 0.05) is 17.7 Å². The van der Waals surface area contributed by atoms with Gasteiger partial charge >= 0.3 is 0 Å². The molecule has 1 aromatic heterocycles. The fourth-order valence-corrected chi connectivity index (χ4v) is 4.70. The van der Waals surface area contributed by atoms with E-state index in [0.717, 1.165) is 24.3 Å². The van der Waals surface area contributed by atoms with Crippen molar-refractivity contribution in [2.75, 3.05) is 13.2 Å². The van der Waals surface area contributed by atoms with Crippen LogP contribution in [0.5, 0.6) is 28.7 Å². The summed E-state index contributed by atoms with van der Waals surface area (Å²) in [6.45, 7) is -1.31. The molecule has 2 fully saturated rings. The van der Waals surface area contributed by atoms with Crippen molar-refractivity contribution in [1.82, 2.24) is 0 Å². The Balaban J connectivity index is 1.62. The number of fused-ring (bicyclic) bond motifs is 1. The van der Waals surface area contributed by atoms with Crippen molar-refractivity contribution in [3.8, 4) is 40.1 Å². The van der Waals surface area contributed by atoms with Crippen LogP contribution >= 0.6 is 0 Å². The van der Waals surface area contributed by atoms with E-state index in [1.165, 1.54) is 6.07 Å². The number of ether oxygens (including phenoxy) is 4. The summed E-state index contributed by atoms with van der Waals surface area (Å²) in [5.41, 5.74) is -1.38. The van der Waals surface area contributed by atoms with E-state index in [4.69, 9.17) is 23.4 Å². The monoisotopic (exact) mass is 596 g/mol. The maximum absolute atomic E-state index is 13.7. The predicted molar refractivity (Wildman–Crippen MR) is 136 cm³/mol. The van der Waals surface area contributed by atoms with Crippen LogP contribution in [0.15, 0.2) is 39.5 Å². The number of aromatic hydroxyl groups is 4. The minimum absolute atomic E-state index is 0.0437. The highest BCUT2D eigenvalue weighted by atomic mass is 16.8. The Morgan fingerprint density at radius 3 is 2.26 bits per heavy atom. The Hall–Kier alpha value is -3.71. The third kappa shape index (κ3) is 5.31. The molecule has 0 amide bonds. The average Bonchev–Trinajstić information content (AvgIpc) is 2.94. The highest BCUT2D eigenvalue weighted by molar-refractivity contribution is 5.88. The van der Waals surface area contributed by atoms with Crippen molar-refractivity contribution in [1.29, 1.82) is 0 Å². The van der Waals surface area contributed by atoms with E-state index in [0.29, 0.717) is 0 Å². The molecule has 3 heterocycles. The highest BCUT2D eigenvalue weighted by Crippen LogP contribution is 2.40. The van der Waals surface area contributed by atoms with Gasteiger partial charge in [-0.15, -0.1) is 0 Å². The minimum atomic E-state index is -1.90. The molecule has 2 saturated heterocycles. The van der Waals surface area contributed by atoms with Crippen LogP contribution < -0.4 is 10.2 Å². The molecule has 0 spiro atoms. The van der Waals surface area contributed by atoms with Crippen molar-refractivity contribution >= 4 is 11.0 Å². The van der Waals surface area contributed by atoms with Crippen molar-refractivity contribution in [2.24, 2.45) is 0 Å². The summed E-state index contributed by atoms with van der Waals surface area (Å²) in [6.07, 6.45) is -15.5. The molecule has 16 heteroatoms. The van der Waals surface area contributed by atoms with Crippen LogP contribution in [0.25, 0.3) is 22.3 Å². The van der Waals surface area contributed by atoms with E-state index >= 15 is 0 Å². The number of aliphatic hydroxyl groups excluding tert-OH is 6. The third-order valence-electron chi connectivity index (χ3n) is 6.96. The molecule has 1 unspecified atom stereocenters. The van der Waals surface area contributed by atoms with Gasteiger partial charge in [-0.3, -0.25) is 4.79 Å². The fourth-order valence-electron chi connectivity index (χ4n) is 4.70. The zero-order valence-electron chi connectivity index (χ0n) is 21.4. The first-order chi connectivity index (χ1) is 19.9. The Bertz CT molecular complexity index is 1510. The first-order valence-corrected chi connectivity index (χ1v) is 12.6. The molecule has 0 aliphatic carbocycles. The molecule has 0 saturated carbocycles. The van der Waals surface area contributed by atoms with Crippen molar-refractivity contribution in [2.45, 2.75) is 55.3 Å². The van der Waals surface area contributed by atoms with Crippen LogP contribution in [-0.4, -0.2) is 120 Å². The van der Waals surface area contributed by atoms with Crippen molar-refractivity contribution < 1.29 is 74.4 Å². The number of aliphatic hydroxyl groups is 6. The molecule has 2 aliphatic rings. The van der Waals surface area contributed by atoms with Gasteiger partial charge in [0.15, 0.2) is 29.7 Å². The molecule has 42 heavy (non-hydrogen) atoms. The Labute approximate surface area is 235 Å². The van der Waals surface area contributed by atoms with E-state index in [-0.39, 0.29) is 11.1 Å². The van der Waals surface area contributed by atoms with Crippen LogP contribution in [0.1, 0.15) is 0 Å². The SMILES string of the molecule is O=c1c(O[C@@H]2O[C@H](CO)[C@@H](O)[C@H](O)[C@H]2OC2OC[C@@H](O)[C@H](O)[C@H]2O)c(-c2ccc(O)c(O)c2)oc2cc(O)cc(O)c12. The normalized spacial score (nSPS) is 31.7. The molecule has 3 aromatic rings. The van der Waals surface area contributed by atoms with E-state index in [9.17, 15) is 55.9 Å². The maximum atomic E-state index is 13.7. The van der Waals surface area contributed by atoms with Gasteiger partial charge in [-0.25, -0.2) is 0 Å². The molecule has 5 rings (SSSR count). The van der Waals surface area contributed by atoms with Crippen molar-refractivity contribution in [3.05, 3.63) is 40.6 Å². The second-order valence-corrected chi connectivity index (χ2v) is 9.81. The van der Waals surface area contributed by atoms with E-state index in [2.05, 4.69) is 0 Å². The smallest absolute Gasteiger partial charge is 0.239 e. The zero-order chi connectivity index (χ0) is 30.5. The summed E-state index contributed by atoms with van der Waals surface area (Å²) in [4.78, 5) is 13.7. The molecule has 228 valence electrons. The van der Waals surface area contributed by atoms with Gasteiger partial charge < -0.3 is 74.4 Å². The minimum Gasteiger partial charge on any atom is -0.508 e. The van der Waals surface area contributed by atoms with Gasteiger partial charge in [0.1, 0.15) is 59.1 Å². The topological polar surface area (TPSA) is 269 Å². The van der Waals surface area contributed by atoms with Crippen molar-refractivity contribution in [3.63, 3.8) is 0 Å². The lowest BCUT2D eigenvalue weighted by Crippen LogP contribution is -2.64. The summed E-state index contributed by atoms with van der Waals surface area (Å²) in [6, 6.07) is 5.21. The Kier molecular flexibility index (Phi) is 8.17. The molecular formula is C26H28O16. The summed E-state index contributed by atoms with van der Waals surface area (Å²) in [5.74, 6) is -3.39. The van der Waals surface area contributed by atoms with Gasteiger partial charge in [0.05, 0.1) is 13.2 Å². The van der Waals surface area contributed by atoms with Gasteiger partial charge in [-0.1, -0.05) is 0 Å². The van der Waals surface area contributed by atoms with Crippen LogP contribution in [0, 0.1) is 0 Å². The second kappa shape index (κ2) is 11.5. The highest BCUT2D eigenvalue weighted by Gasteiger charge is 2.50. The van der Waals surface area contributed by atoms with Gasteiger partial charge in [-0.2, -0.15) is 0 Å². The molecule has 2 aromatic carbocycles. The van der Waals surface area contributed by atoms with Gasteiger partial charge in [-0.05, 0) is 18.2 Å². The summed E-state index contributed by atoms with van der Waals surface area (Å²) in [7, 11) is 0. The molecule has 10 N–H and O–H groups in total. The molecular weight excluding hydrogens is 568 g/mol. The summed E-state index contributed by atoms with van der Waals surface area (Å²) in [5, 5.41) is 101. The summed E-state index contributed by atoms with van der Waals surface area (Å²) < 4.78 is 28.0. The van der Waals surface area contributed by atoms with Crippen LogP contribution in [0.3, 0.4) is 0 Å². The first kappa shape index (κ1) is 29.8. The number of benzene rings is 2. The first-order valence-electron chi connectivity index (χ1n) is 12.6. The van der Waals surface area contributed by atoms with Crippen LogP contribution in [0.4, 0.5) is 0 Å². The lowest BCUT2D eigenvalue weighted by atomic mass is 9.98. The van der Waals surface area contributed by atoms with Crippen LogP contribution in [-0.2, 0) is 14.2 Å². The molecule has 0 radical (unpaired) electrons. The van der Waals surface area contributed by atoms with Gasteiger partial charge in [0.2, 0.25) is 17.5 Å². The maximum Gasteiger partial charge on any atom is 0.239 e. The lowest BCUT2D eigenvalue weighted by Gasteiger charge is -2.44. The fraction of sp³-hybridized carbons (Fsp3) is 0.423. The third-order valence-corrected chi connectivity index (χ3v) is 6.96. The Morgan fingerprint density at radius 1 is 0.833 bits per heavy atom. The predicted octanol–water partition coefficient (Wildman–Crippen LogP) is -2.08. The lowest BCUT2D eigenvalue weighted by molar-refractivity contribution is -0.345. The number of hydrogen-bond acceptors (Lipinski definition) is 16.